The van der Waals surface area contributed by atoms with Gasteiger partial charge < -0.3 is 14.5 Å². The monoisotopic (exact) mass is 300 g/mol. The first-order valence-electron chi connectivity index (χ1n) is 7.98. The average Bonchev–Trinajstić information content (AvgIpc) is 2.54. The highest BCUT2D eigenvalue weighted by Gasteiger charge is 2.29. The molecule has 1 atom stereocenters. The normalized spacial score (nSPS) is 23.3. The minimum atomic E-state index is -0.298. The number of rotatable bonds is 2. The summed E-state index contributed by atoms with van der Waals surface area (Å²) in [5.74, 6) is 0.131. The van der Waals surface area contributed by atoms with Crippen molar-refractivity contribution in [1.29, 1.82) is 0 Å². The van der Waals surface area contributed by atoms with Gasteiger partial charge in [-0.05, 0) is 31.5 Å². The van der Waals surface area contributed by atoms with Crippen molar-refractivity contribution < 1.29 is 9.53 Å². The van der Waals surface area contributed by atoms with Crippen LogP contribution in [0.25, 0.3) is 5.57 Å². The number of hydrogen-bond acceptors (Lipinski definition) is 3. The Hall–Kier alpha value is -1.65. The number of carbonyl (C=O) groups excluding carboxylic acids is 1. The van der Waals surface area contributed by atoms with E-state index in [2.05, 4.69) is 42.2 Å². The van der Waals surface area contributed by atoms with Crippen LogP contribution in [0.2, 0.25) is 0 Å². The first-order valence-corrected chi connectivity index (χ1v) is 7.98. The summed E-state index contributed by atoms with van der Waals surface area (Å²) in [5.41, 5.74) is 3.89. The molecule has 0 radical (unpaired) electrons. The predicted octanol–water partition coefficient (Wildman–Crippen LogP) is 1.94. The Morgan fingerprint density at radius 3 is 2.86 bits per heavy atom. The Morgan fingerprint density at radius 1 is 1.32 bits per heavy atom. The molecular weight excluding hydrogens is 276 g/mol. The second-order valence-electron chi connectivity index (χ2n) is 6.25. The number of carbonyl (C=O) groups is 1. The van der Waals surface area contributed by atoms with Gasteiger partial charge in [0.05, 0.1) is 6.61 Å². The molecule has 2 aliphatic rings. The van der Waals surface area contributed by atoms with Crippen molar-refractivity contribution in [1.82, 2.24) is 9.80 Å². The Bertz CT molecular complexity index is 582. The largest absolute Gasteiger partial charge is 0.366 e. The van der Waals surface area contributed by atoms with Gasteiger partial charge in [-0.2, -0.15) is 0 Å². The van der Waals surface area contributed by atoms with Crippen LogP contribution in [0.3, 0.4) is 0 Å². The minimum absolute atomic E-state index is 0.131. The molecule has 0 aliphatic carbocycles. The summed E-state index contributed by atoms with van der Waals surface area (Å²) in [6, 6.07) is 8.56. The first kappa shape index (κ1) is 15.3. The highest BCUT2D eigenvalue weighted by atomic mass is 16.5. The maximum Gasteiger partial charge on any atom is 0.253 e. The molecule has 0 spiro atoms. The van der Waals surface area contributed by atoms with Crippen LogP contribution in [-0.2, 0) is 9.53 Å². The lowest BCUT2D eigenvalue weighted by Gasteiger charge is -2.34. The van der Waals surface area contributed by atoms with E-state index in [-0.39, 0.29) is 12.0 Å². The van der Waals surface area contributed by atoms with Crippen molar-refractivity contribution in [2.45, 2.75) is 19.4 Å². The molecule has 2 heterocycles. The van der Waals surface area contributed by atoms with E-state index < -0.39 is 0 Å². The zero-order chi connectivity index (χ0) is 15.5. The fourth-order valence-corrected chi connectivity index (χ4v) is 3.11. The third kappa shape index (κ3) is 3.39. The van der Waals surface area contributed by atoms with E-state index in [4.69, 9.17) is 4.74 Å². The van der Waals surface area contributed by atoms with Crippen LogP contribution in [0, 0.1) is 6.92 Å². The van der Waals surface area contributed by atoms with Crippen LogP contribution >= 0.6 is 0 Å². The summed E-state index contributed by atoms with van der Waals surface area (Å²) < 4.78 is 5.64. The van der Waals surface area contributed by atoms with Gasteiger partial charge in [0, 0.05) is 26.2 Å². The van der Waals surface area contributed by atoms with Gasteiger partial charge in [0.2, 0.25) is 0 Å². The molecule has 3 rings (SSSR count). The molecule has 1 aromatic carbocycles. The fraction of sp³-hybridized carbons (Fsp3) is 0.500. The van der Waals surface area contributed by atoms with E-state index in [0.29, 0.717) is 19.7 Å². The van der Waals surface area contributed by atoms with Gasteiger partial charge in [0.15, 0.2) is 0 Å². The summed E-state index contributed by atoms with van der Waals surface area (Å²) in [4.78, 5) is 16.6. The predicted molar refractivity (Wildman–Crippen MR) is 87.6 cm³/mol. The van der Waals surface area contributed by atoms with Crippen molar-refractivity contribution in [3.63, 3.8) is 0 Å². The number of nitrogens with zero attached hydrogens (tertiary/aromatic N) is 2. The van der Waals surface area contributed by atoms with E-state index in [9.17, 15) is 4.79 Å². The van der Waals surface area contributed by atoms with E-state index in [1.807, 2.05) is 11.9 Å². The van der Waals surface area contributed by atoms with Gasteiger partial charge in [-0.25, -0.2) is 0 Å². The maximum atomic E-state index is 12.5. The van der Waals surface area contributed by atoms with E-state index >= 15 is 0 Å². The Kier molecular flexibility index (Phi) is 4.60. The lowest BCUT2D eigenvalue weighted by molar-refractivity contribution is -0.148. The second-order valence-corrected chi connectivity index (χ2v) is 6.25. The van der Waals surface area contributed by atoms with Gasteiger partial charge in [0.25, 0.3) is 5.91 Å². The molecule has 0 N–H and O–H groups in total. The highest BCUT2D eigenvalue weighted by Crippen LogP contribution is 2.23. The third-order valence-corrected chi connectivity index (χ3v) is 4.45. The summed E-state index contributed by atoms with van der Waals surface area (Å²) in [6.07, 6.45) is 2.80. The van der Waals surface area contributed by atoms with Crippen LogP contribution in [0.15, 0.2) is 30.3 Å². The number of amides is 1. The molecule has 1 aromatic rings. The molecule has 0 aromatic heterocycles. The SMILES string of the molecule is Cc1cccc(C2=CCN(C(=O)[C@@H]3CN(C)CCO3)CC2)c1. The highest BCUT2D eigenvalue weighted by molar-refractivity contribution is 5.82. The fourth-order valence-electron chi connectivity index (χ4n) is 3.11. The zero-order valence-electron chi connectivity index (χ0n) is 13.4. The second kappa shape index (κ2) is 6.63. The summed E-state index contributed by atoms with van der Waals surface area (Å²) in [7, 11) is 2.04. The van der Waals surface area contributed by atoms with Crippen LogP contribution in [-0.4, -0.2) is 61.6 Å². The molecule has 1 fully saturated rings. The average molecular weight is 300 g/mol. The van der Waals surface area contributed by atoms with Crippen LogP contribution < -0.4 is 0 Å². The molecule has 4 heteroatoms. The number of likely N-dealkylation sites (N-methyl/N-ethyl adjacent to an activating group) is 1. The molecule has 0 saturated carbocycles. The van der Waals surface area contributed by atoms with E-state index in [0.717, 1.165) is 19.5 Å². The minimum Gasteiger partial charge on any atom is -0.366 e. The maximum absolute atomic E-state index is 12.5. The molecule has 4 nitrogen and oxygen atoms in total. The van der Waals surface area contributed by atoms with Crippen molar-refractivity contribution in [3.05, 3.63) is 41.5 Å². The molecule has 0 unspecified atom stereocenters. The third-order valence-electron chi connectivity index (χ3n) is 4.45. The van der Waals surface area contributed by atoms with Crippen molar-refractivity contribution >= 4 is 11.5 Å². The van der Waals surface area contributed by atoms with Gasteiger partial charge in [-0.3, -0.25) is 4.79 Å². The Balaban J connectivity index is 1.64. The zero-order valence-corrected chi connectivity index (χ0v) is 13.4. The van der Waals surface area contributed by atoms with Gasteiger partial charge >= 0.3 is 0 Å². The summed E-state index contributed by atoms with van der Waals surface area (Å²) in [5, 5.41) is 0. The van der Waals surface area contributed by atoms with Gasteiger partial charge in [0.1, 0.15) is 6.10 Å². The summed E-state index contributed by atoms with van der Waals surface area (Å²) >= 11 is 0. The molecule has 118 valence electrons. The molecular formula is C18H24N2O2. The number of morpholine rings is 1. The van der Waals surface area contributed by atoms with Crippen LogP contribution in [0.5, 0.6) is 0 Å². The Labute approximate surface area is 132 Å². The first-order chi connectivity index (χ1) is 10.6. The smallest absolute Gasteiger partial charge is 0.253 e. The van der Waals surface area contributed by atoms with E-state index in [1.165, 1.54) is 16.7 Å². The van der Waals surface area contributed by atoms with E-state index in [1.54, 1.807) is 0 Å². The van der Waals surface area contributed by atoms with Crippen molar-refractivity contribution in [2.75, 3.05) is 39.8 Å². The topological polar surface area (TPSA) is 32.8 Å². The quantitative estimate of drug-likeness (QED) is 0.837. The number of aryl methyl sites for hydroxylation is 1. The van der Waals surface area contributed by atoms with Crippen LogP contribution in [0.1, 0.15) is 17.5 Å². The summed E-state index contributed by atoms with van der Waals surface area (Å²) in [6.45, 7) is 5.82. The number of ether oxygens (including phenoxy) is 1. The van der Waals surface area contributed by atoms with Gasteiger partial charge in [-0.15, -0.1) is 0 Å². The molecule has 1 saturated heterocycles. The van der Waals surface area contributed by atoms with Crippen LogP contribution in [0.4, 0.5) is 0 Å². The molecule has 0 bridgehead atoms. The standard InChI is InChI=1S/C18H24N2O2/c1-14-4-3-5-16(12-14)15-6-8-20(9-7-15)18(21)17-13-19(2)10-11-22-17/h3-6,12,17H,7-11,13H2,1-2H3/t17-/m0/s1. The van der Waals surface area contributed by atoms with Crippen molar-refractivity contribution in [3.8, 4) is 0 Å². The van der Waals surface area contributed by atoms with Crippen molar-refractivity contribution in [2.24, 2.45) is 0 Å². The molecule has 22 heavy (non-hydrogen) atoms. The Morgan fingerprint density at radius 2 is 2.18 bits per heavy atom. The lowest BCUT2D eigenvalue weighted by atomic mass is 9.98. The molecule has 2 aliphatic heterocycles. The number of benzene rings is 1. The molecule has 1 amide bonds. The number of hydrogen-bond donors (Lipinski definition) is 0. The lowest BCUT2D eigenvalue weighted by Crippen LogP contribution is -2.50. The van der Waals surface area contributed by atoms with Gasteiger partial charge in [-0.1, -0.05) is 35.9 Å².